The second-order valence-electron chi connectivity index (χ2n) is 6.96. The summed E-state index contributed by atoms with van der Waals surface area (Å²) in [6.45, 7) is 7.15. The van der Waals surface area contributed by atoms with Crippen molar-refractivity contribution in [2.75, 3.05) is 20.1 Å². The van der Waals surface area contributed by atoms with Crippen LogP contribution in [0.4, 0.5) is 0 Å². The minimum atomic E-state index is 0.786. The summed E-state index contributed by atoms with van der Waals surface area (Å²) in [6.07, 6.45) is 11.3. The van der Waals surface area contributed by atoms with Crippen molar-refractivity contribution in [1.82, 2.24) is 10.2 Å². The molecule has 0 saturated heterocycles. The van der Waals surface area contributed by atoms with Crippen molar-refractivity contribution in [3.63, 3.8) is 0 Å². The Labute approximate surface area is 120 Å². The van der Waals surface area contributed by atoms with Crippen molar-refractivity contribution >= 4 is 0 Å². The average molecular weight is 266 g/mol. The molecule has 2 saturated carbocycles. The molecule has 19 heavy (non-hydrogen) atoms. The van der Waals surface area contributed by atoms with Crippen LogP contribution in [0.1, 0.15) is 65.2 Å². The van der Waals surface area contributed by atoms with E-state index in [1.165, 1.54) is 64.5 Å². The zero-order valence-electron chi connectivity index (χ0n) is 13.3. The van der Waals surface area contributed by atoms with Gasteiger partial charge in [-0.2, -0.15) is 0 Å². The quantitative estimate of drug-likeness (QED) is 0.721. The van der Waals surface area contributed by atoms with Gasteiger partial charge in [-0.05, 0) is 64.0 Å². The molecule has 0 aromatic carbocycles. The van der Waals surface area contributed by atoms with Crippen molar-refractivity contribution in [2.45, 2.75) is 77.3 Å². The van der Waals surface area contributed by atoms with E-state index < -0.39 is 0 Å². The van der Waals surface area contributed by atoms with Gasteiger partial charge in [0.05, 0.1) is 0 Å². The highest BCUT2D eigenvalue weighted by atomic mass is 15.2. The molecule has 112 valence electrons. The summed E-state index contributed by atoms with van der Waals surface area (Å²) in [5, 5.41) is 3.82. The van der Waals surface area contributed by atoms with E-state index in [2.05, 4.69) is 31.1 Å². The molecular weight excluding hydrogens is 232 g/mol. The molecule has 0 aromatic rings. The van der Waals surface area contributed by atoms with Crippen LogP contribution in [-0.4, -0.2) is 37.1 Å². The third-order valence-corrected chi connectivity index (χ3v) is 5.14. The molecule has 2 heteroatoms. The normalized spacial score (nSPS) is 31.9. The van der Waals surface area contributed by atoms with Crippen LogP contribution < -0.4 is 5.32 Å². The first-order valence-corrected chi connectivity index (χ1v) is 8.68. The van der Waals surface area contributed by atoms with Gasteiger partial charge in [0.25, 0.3) is 0 Å². The lowest BCUT2D eigenvalue weighted by atomic mass is 9.76. The van der Waals surface area contributed by atoms with Crippen LogP contribution in [-0.2, 0) is 0 Å². The van der Waals surface area contributed by atoms with Crippen LogP contribution in [0, 0.1) is 11.8 Å². The molecule has 0 bridgehead atoms. The maximum atomic E-state index is 3.82. The second kappa shape index (κ2) is 7.64. The summed E-state index contributed by atoms with van der Waals surface area (Å²) in [5.41, 5.74) is 0. The first kappa shape index (κ1) is 15.3. The lowest BCUT2D eigenvalue weighted by molar-refractivity contribution is 0.146. The van der Waals surface area contributed by atoms with Crippen LogP contribution in [0.15, 0.2) is 0 Å². The lowest BCUT2D eigenvalue weighted by Crippen LogP contribution is -2.45. The van der Waals surface area contributed by atoms with Crippen molar-refractivity contribution in [3.8, 4) is 0 Å². The molecule has 0 aromatic heterocycles. The Morgan fingerprint density at radius 3 is 2.47 bits per heavy atom. The first-order chi connectivity index (χ1) is 9.24. The summed E-state index contributed by atoms with van der Waals surface area (Å²) in [7, 11) is 2.35. The molecule has 0 heterocycles. The Kier molecular flexibility index (Phi) is 6.15. The summed E-state index contributed by atoms with van der Waals surface area (Å²) in [5.74, 6) is 1.89. The Balaban J connectivity index is 1.85. The summed E-state index contributed by atoms with van der Waals surface area (Å²) in [4.78, 5) is 2.64. The predicted molar refractivity (Wildman–Crippen MR) is 83.5 cm³/mol. The molecule has 0 amide bonds. The maximum absolute atomic E-state index is 3.82. The van der Waals surface area contributed by atoms with Gasteiger partial charge in [0, 0.05) is 18.6 Å². The smallest absolute Gasteiger partial charge is 0.0108 e. The van der Waals surface area contributed by atoms with Crippen molar-refractivity contribution in [1.29, 1.82) is 0 Å². The van der Waals surface area contributed by atoms with E-state index in [-0.39, 0.29) is 0 Å². The largest absolute Gasteiger partial charge is 0.314 e. The van der Waals surface area contributed by atoms with Gasteiger partial charge >= 0.3 is 0 Å². The van der Waals surface area contributed by atoms with Crippen LogP contribution in [0.25, 0.3) is 0 Å². The van der Waals surface area contributed by atoms with Crippen molar-refractivity contribution in [3.05, 3.63) is 0 Å². The molecule has 1 N–H and O–H groups in total. The molecular formula is C17H34N2. The van der Waals surface area contributed by atoms with Crippen LogP contribution in [0.2, 0.25) is 0 Å². The zero-order valence-corrected chi connectivity index (χ0v) is 13.3. The molecule has 2 aliphatic carbocycles. The Hall–Kier alpha value is -0.0800. The maximum Gasteiger partial charge on any atom is 0.0108 e. The average Bonchev–Trinajstić information content (AvgIpc) is 3.22. The lowest BCUT2D eigenvalue weighted by Gasteiger charge is -2.39. The van der Waals surface area contributed by atoms with Crippen molar-refractivity contribution < 1.29 is 0 Å². The third kappa shape index (κ3) is 4.75. The number of hydrogen-bond acceptors (Lipinski definition) is 2. The molecule has 3 atom stereocenters. The number of nitrogens with zero attached hydrogens (tertiary/aromatic N) is 1. The Morgan fingerprint density at radius 2 is 1.84 bits per heavy atom. The number of hydrogen-bond donors (Lipinski definition) is 1. The highest BCUT2D eigenvalue weighted by Gasteiger charge is 2.33. The topological polar surface area (TPSA) is 15.3 Å². The van der Waals surface area contributed by atoms with Gasteiger partial charge in [-0.1, -0.05) is 26.7 Å². The highest BCUT2D eigenvalue weighted by molar-refractivity contribution is 4.90. The van der Waals surface area contributed by atoms with E-state index in [0.717, 1.165) is 23.9 Å². The van der Waals surface area contributed by atoms with Crippen LogP contribution in [0.5, 0.6) is 0 Å². The van der Waals surface area contributed by atoms with Gasteiger partial charge in [-0.25, -0.2) is 0 Å². The van der Waals surface area contributed by atoms with E-state index >= 15 is 0 Å². The molecule has 3 unspecified atom stereocenters. The Morgan fingerprint density at radius 1 is 1.05 bits per heavy atom. The third-order valence-electron chi connectivity index (χ3n) is 5.14. The van der Waals surface area contributed by atoms with Crippen LogP contribution in [0.3, 0.4) is 0 Å². The zero-order chi connectivity index (χ0) is 13.7. The van der Waals surface area contributed by atoms with Crippen molar-refractivity contribution in [2.24, 2.45) is 11.8 Å². The van der Waals surface area contributed by atoms with E-state index in [1.807, 2.05) is 0 Å². The van der Waals surface area contributed by atoms with Gasteiger partial charge in [0.1, 0.15) is 0 Å². The molecule has 0 spiro atoms. The van der Waals surface area contributed by atoms with E-state index in [1.54, 1.807) is 0 Å². The Bertz CT molecular complexity index is 250. The minimum absolute atomic E-state index is 0.786. The van der Waals surface area contributed by atoms with Crippen LogP contribution >= 0.6 is 0 Å². The SMILES string of the molecule is CCCNC1CCC(CCC)CC1CN(C)C1CC1. The second-order valence-corrected chi connectivity index (χ2v) is 6.96. The number of rotatable bonds is 8. The molecule has 0 radical (unpaired) electrons. The molecule has 2 nitrogen and oxygen atoms in total. The number of nitrogens with one attached hydrogen (secondary N) is 1. The van der Waals surface area contributed by atoms with E-state index in [0.29, 0.717) is 0 Å². The minimum Gasteiger partial charge on any atom is -0.314 e. The monoisotopic (exact) mass is 266 g/mol. The van der Waals surface area contributed by atoms with E-state index in [4.69, 9.17) is 0 Å². The highest BCUT2D eigenvalue weighted by Crippen LogP contribution is 2.34. The fraction of sp³-hybridized carbons (Fsp3) is 1.00. The summed E-state index contributed by atoms with van der Waals surface area (Å²) in [6, 6.07) is 1.70. The molecule has 2 aliphatic rings. The fourth-order valence-electron chi connectivity index (χ4n) is 3.87. The standard InChI is InChI=1S/C17H34N2/c1-4-6-14-7-10-17(18-11-5-2)15(12-14)13-19(3)16-8-9-16/h14-18H,4-13H2,1-3H3. The summed E-state index contributed by atoms with van der Waals surface area (Å²) < 4.78 is 0. The fourth-order valence-corrected chi connectivity index (χ4v) is 3.87. The molecule has 2 rings (SSSR count). The van der Waals surface area contributed by atoms with Gasteiger partial charge in [0.15, 0.2) is 0 Å². The van der Waals surface area contributed by atoms with E-state index in [9.17, 15) is 0 Å². The first-order valence-electron chi connectivity index (χ1n) is 8.68. The molecule has 2 fully saturated rings. The predicted octanol–water partition coefficient (Wildman–Crippen LogP) is 3.67. The van der Waals surface area contributed by atoms with Gasteiger partial charge in [-0.3, -0.25) is 0 Å². The van der Waals surface area contributed by atoms with Gasteiger partial charge in [-0.15, -0.1) is 0 Å². The molecule has 0 aliphatic heterocycles. The van der Waals surface area contributed by atoms with Gasteiger partial charge in [0.2, 0.25) is 0 Å². The summed E-state index contributed by atoms with van der Waals surface area (Å²) >= 11 is 0. The van der Waals surface area contributed by atoms with Gasteiger partial charge < -0.3 is 10.2 Å².